The molecular weight excluding hydrogens is 200 g/mol. The normalized spacial score (nSPS) is 20.7. The molecule has 15 heavy (non-hydrogen) atoms. The second-order valence-corrected chi connectivity index (χ2v) is 3.80. The van der Waals surface area contributed by atoms with Gasteiger partial charge in [0, 0.05) is 0 Å². The van der Waals surface area contributed by atoms with Crippen LogP contribution in [-0.2, 0) is 19.1 Å². The van der Waals surface area contributed by atoms with Crippen LogP contribution in [0.5, 0.6) is 0 Å². The molecular formula is C10H16O5. The van der Waals surface area contributed by atoms with Gasteiger partial charge in [-0.3, -0.25) is 9.59 Å². The molecule has 1 N–H and O–H groups in total. The monoisotopic (exact) mass is 216 g/mol. The maximum absolute atomic E-state index is 11.6. The van der Waals surface area contributed by atoms with E-state index in [0.717, 1.165) is 0 Å². The largest absolute Gasteiger partial charge is 0.468 e. The number of esters is 2. The van der Waals surface area contributed by atoms with Gasteiger partial charge in [0.05, 0.1) is 20.3 Å². The van der Waals surface area contributed by atoms with E-state index in [2.05, 4.69) is 9.47 Å². The van der Waals surface area contributed by atoms with Gasteiger partial charge in [-0.25, -0.2) is 0 Å². The Morgan fingerprint density at radius 2 is 1.53 bits per heavy atom. The predicted octanol–water partition coefficient (Wildman–Crippen LogP) is 0.254. The molecule has 0 aromatic rings. The van der Waals surface area contributed by atoms with Crippen LogP contribution < -0.4 is 0 Å². The Balaban J connectivity index is 2.87. The van der Waals surface area contributed by atoms with Crippen LogP contribution in [0.15, 0.2) is 0 Å². The number of aliphatic hydroxyl groups is 1. The van der Waals surface area contributed by atoms with Crippen molar-refractivity contribution < 1.29 is 24.2 Å². The van der Waals surface area contributed by atoms with Crippen molar-refractivity contribution in [2.75, 3.05) is 14.2 Å². The van der Waals surface area contributed by atoms with Gasteiger partial charge in [0.25, 0.3) is 0 Å². The zero-order chi connectivity index (χ0) is 11.5. The van der Waals surface area contributed by atoms with Crippen molar-refractivity contribution in [1.82, 2.24) is 0 Å². The quantitative estimate of drug-likeness (QED) is 0.529. The van der Waals surface area contributed by atoms with Gasteiger partial charge >= 0.3 is 11.9 Å². The predicted molar refractivity (Wildman–Crippen MR) is 50.9 cm³/mol. The topological polar surface area (TPSA) is 72.8 Å². The number of ether oxygens (including phenoxy) is 2. The third-order valence-electron chi connectivity index (χ3n) is 2.96. The van der Waals surface area contributed by atoms with Gasteiger partial charge in [-0.05, 0) is 25.7 Å². The minimum atomic E-state index is -1.21. The van der Waals surface area contributed by atoms with Gasteiger partial charge in [0.15, 0.2) is 5.41 Å². The highest BCUT2D eigenvalue weighted by atomic mass is 16.5. The Kier molecular flexibility index (Phi) is 3.68. The molecule has 1 saturated carbocycles. The average molecular weight is 216 g/mol. The van der Waals surface area contributed by atoms with Gasteiger partial charge in [0.2, 0.25) is 0 Å². The summed E-state index contributed by atoms with van der Waals surface area (Å²) in [6.07, 6.45) is 0.975. The van der Waals surface area contributed by atoms with Crippen LogP contribution >= 0.6 is 0 Å². The zero-order valence-corrected chi connectivity index (χ0v) is 8.99. The van der Waals surface area contributed by atoms with E-state index in [-0.39, 0.29) is 12.8 Å². The maximum atomic E-state index is 11.6. The van der Waals surface area contributed by atoms with Gasteiger partial charge in [-0.1, -0.05) is 0 Å². The molecule has 0 heterocycles. The van der Waals surface area contributed by atoms with Gasteiger partial charge in [0.1, 0.15) is 0 Å². The van der Waals surface area contributed by atoms with Crippen molar-refractivity contribution in [1.29, 1.82) is 0 Å². The van der Waals surface area contributed by atoms with Crippen LogP contribution in [0.25, 0.3) is 0 Å². The van der Waals surface area contributed by atoms with Crippen molar-refractivity contribution in [3.8, 4) is 0 Å². The fraction of sp³-hybridized carbons (Fsp3) is 0.800. The van der Waals surface area contributed by atoms with Gasteiger partial charge in [-0.2, -0.15) is 0 Å². The third-order valence-corrected chi connectivity index (χ3v) is 2.96. The smallest absolute Gasteiger partial charge is 0.323 e. The highest BCUT2D eigenvalue weighted by molar-refractivity contribution is 6.00. The van der Waals surface area contributed by atoms with E-state index >= 15 is 0 Å². The van der Waals surface area contributed by atoms with Gasteiger partial charge in [-0.15, -0.1) is 0 Å². The molecule has 0 aromatic carbocycles. The molecule has 5 heteroatoms. The van der Waals surface area contributed by atoms with Crippen LogP contribution in [0, 0.1) is 5.41 Å². The summed E-state index contributed by atoms with van der Waals surface area (Å²) < 4.78 is 9.26. The SMILES string of the molecule is COC(=O)C1(C(=O)OC)CCC(O)CC1. The lowest BCUT2D eigenvalue weighted by molar-refractivity contribution is -0.173. The number of rotatable bonds is 2. The van der Waals surface area contributed by atoms with Crippen LogP contribution in [-0.4, -0.2) is 37.4 Å². The van der Waals surface area contributed by atoms with E-state index < -0.39 is 23.5 Å². The molecule has 86 valence electrons. The second kappa shape index (κ2) is 4.61. The first-order chi connectivity index (χ1) is 7.06. The van der Waals surface area contributed by atoms with Crippen molar-refractivity contribution in [3.05, 3.63) is 0 Å². The van der Waals surface area contributed by atoms with Crippen molar-refractivity contribution in [3.63, 3.8) is 0 Å². The van der Waals surface area contributed by atoms with E-state index in [1.54, 1.807) is 0 Å². The molecule has 0 aliphatic heterocycles. The number of aliphatic hydroxyl groups excluding tert-OH is 1. The van der Waals surface area contributed by atoms with Crippen molar-refractivity contribution in [2.24, 2.45) is 5.41 Å². The fourth-order valence-corrected chi connectivity index (χ4v) is 1.98. The molecule has 0 bridgehead atoms. The molecule has 0 amide bonds. The lowest BCUT2D eigenvalue weighted by atomic mass is 9.73. The standard InChI is InChI=1S/C10H16O5/c1-14-8(12)10(9(13)15-2)5-3-7(11)4-6-10/h7,11H,3-6H2,1-2H3. The first-order valence-electron chi connectivity index (χ1n) is 4.91. The summed E-state index contributed by atoms with van der Waals surface area (Å²) in [5.41, 5.74) is -1.21. The Morgan fingerprint density at radius 3 is 1.87 bits per heavy atom. The molecule has 1 rings (SSSR count). The van der Waals surface area contributed by atoms with Crippen LogP contribution in [0.3, 0.4) is 0 Å². The van der Waals surface area contributed by atoms with Crippen LogP contribution in [0.4, 0.5) is 0 Å². The summed E-state index contributed by atoms with van der Waals surface area (Å²) in [6, 6.07) is 0. The second-order valence-electron chi connectivity index (χ2n) is 3.80. The average Bonchev–Trinajstić information content (AvgIpc) is 2.28. The first-order valence-corrected chi connectivity index (χ1v) is 4.91. The summed E-state index contributed by atoms with van der Waals surface area (Å²) in [7, 11) is 2.50. The molecule has 0 atom stereocenters. The molecule has 1 aliphatic rings. The third kappa shape index (κ3) is 2.12. The summed E-state index contributed by atoms with van der Waals surface area (Å²) in [4.78, 5) is 23.2. The highest BCUT2D eigenvalue weighted by Gasteiger charge is 2.50. The van der Waals surface area contributed by atoms with E-state index in [1.165, 1.54) is 14.2 Å². The molecule has 0 spiro atoms. The van der Waals surface area contributed by atoms with E-state index in [9.17, 15) is 14.7 Å². The lowest BCUT2D eigenvalue weighted by Gasteiger charge is -2.33. The minimum Gasteiger partial charge on any atom is -0.468 e. The van der Waals surface area contributed by atoms with Gasteiger partial charge < -0.3 is 14.6 Å². The molecule has 1 fully saturated rings. The summed E-state index contributed by atoms with van der Waals surface area (Å²) in [6.45, 7) is 0. The lowest BCUT2D eigenvalue weighted by Crippen LogP contribution is -2.44. The maximum Gasteiger partial charge on any atom is 0.323 e. The molecule has 0 aromatic heterocycles. The van der Waals surface area contributed by atoms with Crippen LogP contribution in [0.2, 0.25) is 0 Å². The highest BCUT2D eigenvalue weighted by Crippen LogP contribution is 2.38. The molecule has 1 aliphatic carbocycles. The molecule has 0 saturated heterocycles. The Morgan fingerprint density at radius 1 is 1.13 bits per heavy atom. The van der Waals surface area contributed by atoms with E-state index in [1.807, 2.05) is 0 Å². The summed E-state index contributed by atoms with van der Waals surface area (Å²) in [5, 5.41) is 9.35. The number of hydrogen-bond donors (Lipinski definition) is 1. The number of carbonyl (C=O) groups excluding carboxylic acids is 2. The Labute approximate surface area is 88.4 Å². The number of methoxy groups -OCH3 is 2. The van der Waals surface area contributed by atoms with E-state index in [0.29, 0.717) is 12.8 Å². The molecule has 0 unspecified atom stereocenters. The number of hydrogen-bond acceptors (Lipinski definition) is 5. The van der Waals surface area contributed by atoms with Crippen molar-refractivity contribution >= 4 is 11.9 Å². The fourth-order valence-electron chi connectivity index (χ4n) is 1.98. The first kappa shape index (κ1) is 12.0. The Bertz CT molecular complexity index is 235. The minimum absolute atomic E-state index is 0.285. The summed E-state index contributed by atoms with van der Waals surface area (Å²) >= 11 is 0. The van der Waals surface area contributed by atoms with E-state index in [4.69, 9.17) is 0 Å². The Hall–Kier alpha value is -1.10. The van der Waals surface area contributed by atoms with Crippen molar-refractivity contribution in [2.45, 2.75) is 31.8 Å². The zero-order valence-electron chi connectivity index (χ0n) is 8.99. The van der Waals surface area contributed by atoms with Crippen LogP contribution in [0.1, 0.15) is 25.7 Å². The number of carbonyl (C=O) groups is 2. The molecule has 0 radical (unpaired) electrons. The summed E-state index contributed by atoms with van der Waals surface area (Å²) in [5.74, 6) is -1.14. The molecule has 5 nitrogen and oxygen atoms in total.